The molecule has 0 bridgehead atoms. The summed E-state index contributed by atoms with van der Waals surface area (Å²) < 4.78 is 11.0. The van der Waals surface area contributed by atoms with Crippen molar-refractivity contribution in [3.8, 4) is 5.75 Å². The van der Waals surface area contributed by atoms with Crippen LogP contribution in [0.25, 0.3) is 11.0 Å². The molecule has 6 nitrogen and oxygen atoms in total. The number of methoxy groups -OCH3 is 1. The number of hydrogen-bond acceptors (Lipinski definition) is 4. The average Bonchev–Trinajstić information content (AvgIpc) is 3.23. The molecule has 0 saturated carbocycles. The van der Waals surface area contributed by atoms with E-state index in [9.17, 15) is 9.59 Å². The highest BCUT2D eigenvalue weighted by Crippen LogP contribution is 2.32. The smallest absolute Gasteiger partial charge is 0.259 e. The molecule has 27 heavy (non-hydrogen) atoms. The first-order chi connectivity index (χ1) is 13.1. The number of nitrogens with one attached hydrogen (secondary N) is 1. The number of hydrogen-bond donors (Lipinski definition) is 1. The van der Waals surface area contributed by atoms with Crippen molar-refractivity contribution in [3.63, 3.8) is 0 Å². The van der Waals surface area contributed by atoms with E-state index in [1.165, 1.54) is 0 Å². The molecular formula is C21H20N2O4. The Morgan fingerprint density at radius 3 is 2.78 bits per heavy atom. The van der Waals surface area contributed by atoms with Crippen LogP contribution in [0.5, 0.6) is 5.75 Å². The van der Waals surface area contributed by atoms with Crippen molar-refractivity contribution in [3.05, 3.63) is 53.8 Å². The molecule has 4 rings (SSSR count). The fourth-order valence-electron chi connectivity index (χ4n) is 3.51. The second kappa shape index (κ2) is 6.79. The number of carbonyl (C=O) groups is 2. The van der Waals surface area contributed by atoms with Crippen LogP contribution in [-0.4, -0.2) is 25.5 Å². The maximum atomic E-state index is 13.0. The van der Waals surface area contributed by atoms with Crippen molar-refractivity contribution in [2.75, 3.05) is 23.9 Å². The third-order valence-electron chi connectivity index (χ3n) is 4.81. The Morgan fingerprint density at radius 2 is 2.04 bits per heavy atom. The van der Waals surface area contributed by atoms with Crippen LogP contribution in [0, 0.1) is 6.92 Å². The maximum absolute atomic E-state index is 13.0. The molecule has 6 heteroatoms. The van der Waals surface area contributed by atoms with Crippen LogP contribution in [0.3, 0.4) is 0 Å². The largest absolute Gasteiger partial charge is 0.497 e. The lowest BCUT2D eigenvalue weighted by Crippen LogP contribution is -2.25. The van der Waals surface area contributed by atoms with Gasteiger partial charge < -0.3 is 19.4 Å². The van der Waals surface area contributed by atoms with Crippen LogP contribution in [-0.2, 0) is 4.79 Å². The van der Waals surface area contributed by atoms with Gasteiger partial charge in [0.05, 0.1) is 24.0 Å². The lowest BCUT2D eigenvalue weighted by Gasteiger charge is -2.20. The summed E-state index contributed by atoms with van der Waals surface area (Å²) in [6.07, 6.45) is 1.36. The fraction of sp³-hybridized carbons (Fsp3) is 0.238. The van der Waals surface area contributed by atoms with Crippen LogP contribution in [0.15, 0.2) is 46.9 Å². The number of nitrogens with zero attached hydrogens (tertiary/aromatic N) is 1. The zero-order chi connectivity index (χ0) is 19.0. The van der Waals surface area contributed by atoms with Gasteiger partial charge in [0.15, 0.2) is 0 Å². The van der Waals surface area contributed by atoms with Crippen molar-refractivity contribution >= 4 is 34.2 Å². The first kappa shape index (κ1) is 17.1. The van der Waals surface area contributed by atoms with E-state index in [0.29, 0.717) is 46.7 Å². The summed E-state index contributed by atoms with van der Waals surface area (Å²) in [5.74, 6) is 0.982. The second-order valence-corrected chi connectivity index (χ2v) is 6.52. The Balaban J connectivity index is 1.71. The quantitative estimate of drug-likeness (QED) is 0.756. The molecule has 2 aromatic carbocycles. The number of carbonyl (C=O) groups excluding carboxylic acids is 2. The highest BCUT2D eigenvalue weighted by molar-refractivity contribution is 6.15. The Morgan fingerprint density at radius 1 is 1.22 bits per heavy atom. The molecule has 0 atom stereocenters. The predicted octanol–water partition coefficient (Wildman–Crippen LogP) is 4.13. The molecule has 1 aliphatic rings. The lowest BCUT2D eigenvalue weighted by atomic mass is 10.1. The molecule has 0 spiro atoms. The SMILES string of the molecule is COc1ccc2oc(C)c(C(=O)Nc3ccccc3N3CCCC3=O)c2c1. The summed E-state index contributed by atoms with van der Waals surface area (Å²) in [4.78, 5) is 26.9. The third kappa shape index (κ3) is 3.03. The van der Waals surface area contributed by atoms with Gasteiger partial charge in [-0.1, -0.05) is 12.1 Å². The van der Waals surface area contributed by atoms with E-state index < -0.39 is 0 Å². The number of aryl methyl sites for hydroxylation is 1. The van der Waals surface area contributed by atoms with E-state index in [-0.39, 0.29) is 11.8 Å². The van der Waals surface area contributed by atoms with E-state index in [4.69, 9.17) is 9.15 Å². The van der Waals surface area contributed by atoms with Gasteiger partial charge >= 0.3 is 0 Å². The molecule has 1 aromatic heterocycles. The van der Waals surface area contributed by atoms with Crippen LogP contribution in [0.2, 0.25) is 0 Å². The third-order valence-corrected chi connectivity index (χ3v) is 4.81. The molecular weight excluding hydrogens is 344 g/mol. The summed E-state index contributed by atoms with van der Waals surface area (Å²) in [5, 5.41) is 3.64. The minimum atomic E-state index is -0.279. The molecule has 0 aliphatic carbocycles. The summed E-state index contributed by atoms with van der Waals surface area (Å²) in [6, 6.07) is 12.7. The molecule has 2 heterocycles. The minimum Gasteiger partial charge on any atom is -0.497 e. The molecule has 1 aliphatic heterocycles. The number of para-hydroxylation sites is 2. The minimum absolute atomic E-state index is 0.0753. The second-order valence-electron chi connectivity index (χ2n) is 6.52. The summed E-state index contributed by atoms with van der Waals surface area (Å²) >= 11 is 0. The molecule has 2 amide bonds. The van der Waals surface area contributed by atoms with Crippen LogP contribution in [0.4, 0.5) is 11.4 Å². The molecule has 0 unspecified atom stereocenters. The van der Waals surface area contributed by atoms with Gasteiger partial charge in [-0.05, 0) is 43.7 Å². The van der Waals surface area contributed by atoms with E-state index in [2.05, 4.69) is 5.32 Å². The standard InChI is InChI=1S/C21H20N2O4/c1-13-20(15-12-14(26-2)9-10-18(15)27-13)21(25)22-16-6-3-4-7-17(16)23-11-5-8-19(23)24/h3-4,6-7,9-10,12H,5,8,11H2,1-2H3,(H,22,25). The monoisotopic (exact) mass is 364 g/mol. The topological polar surface area (TPSA) is 71.8 Å². The Bertz CT molecular complexity index is 1040. The zero-order valence-corrected chi connectivity index (χ0v) is 15.2. The molecule has 1 fully saturated rings. The van der Waals surface area contributed by atoms with E-state index in [0.717, 1.165) is 12.1 Å². The first-order valence-corrected chi connectivity index (χ1v) is 8.86. The van der Waals surface area contributed by atoms with Gasteiger partial charge in [0.1, 0.15) is 17.1 Å². The zero-order valence-electron chi connectivity index (χ0n) is 15.2. The molecule has 1 N–H and O–H groups in total. The number of amides is 2. The number of fused-ring (bicyclic) bond motifs is 1. The summed E-state index contributed by atoms with van der Waals surface area (Å²) in [5.41, 5.74) is 2.42. The van der Waals surface area contributed by atoms with Gasteiger partial charge in [0.25, 0.3) is 5.91 Å². The van der Waals surface area contributed by atoms with Gasteiger partial charge in [0.2, 0.25) is 5.91 Å². The maximum Gasteiger partial charge on any atom is 0.259 e. The average molecular weight is 364 g/mol. The van der Waals surface area contributed by atoms with E-state index in [1.807, 2.05) is 18.2 Å². The van der Waals surface area contributed by atoms with Crippen molar-refractivity contribution in [2.24, 2.45) is 0 Å². The van der Waals surface area contributed by atoms with Crippen molar-refractivity contribution < 1.29 is 18.7 Å². The van der Waals surface area contributed by atoms with Crippen molar-refractivity contribution in [1.29, 1.82) is 0 Å². The predicted molar refractivity (Wildman–Crippen MR) is 103 cm³/mol. The Kier molecular flexibility index (Phi) is 4.32. The van der Waals surface area contributed by atoms with Crippen LogP contribution in [0.1, 0.15) is 29.0 Å². The number of anilines is 2. The highest BCUT2D eigenvalue weighted by Gasteiger charge is 2.25. The summed E-state index contributed by atoms with van der Waals surface area (Å²) in [7, 11) is 1.58. The number of ether oxygens (including phenoxy) is 1. The van der Waals surface area contributed by atoms with Gasteiger partial charge in [0, 0.05) is 18.4 Å². The van der Waals surface area contributed by atoms with Gasteiger partial charge in [-0.25, -0.2) is 0 Å². The molecule has 0 radical (unpaired) electrons. The fourth-order valence-corrected chi connectivity index (χ4v) is 3.51. The van der Waals surface area contributed by atoms with Gasteiger partial charge in [-0.15, -0.1) is 0 Å². The van der Waals surface area contributed by atoms with Crippen molar-refractivity contribution in [2.45, 2.75) is 19.8 Å². The normalized spacial score (nSPS) is 14.0. The molecule has 1 saturated heterocycles. The first-order valence-electron chi connectivity index (χ1n) is 8.86. The molecule has 138 valence electrons. The van der Waals surface area contributed by atoms with Crippen LogP contribution >= 0.6 is 0 Å². The number of furan rings is 1. The lowest BCUT2D eigenvalue weighted by molar-refractivity contribution is -0.117. The van der Waals surface area contributed by atoms with Crippen LogP contribution < -0.4 is 15.0 Å². The molecule has 3 aromatic rings. The Labute approximate surface area is 156 Å². The van der Waals surface area contributed by atoms with Gasteiger partial charge in [-0.2, -0.15) is 0 Å². The Hall–Kier alpha value is -3.28. The van der Waals surface area contributed by atoms with Gasteiger partial charge in [-0.3, -0.25) is 9.59 Å². The van der Waals surface area contributed by atoms with Crippen molar-refractivity contribution in [1.82, 2.24) is 0 Å². The highest BCUT2D eigenvalue weighted by atomic mass is 16.5. The van der Waals surface area contributed by atoms with E-state index in [1.54, 1.807) is 43.2 Å². The summed E-state index contributed by atoms with van der Waals surface area (Å²) in [6.45, 7) is 2.42. The van der Waals surface area contributed by atoms with E-state index >= 15 is 0 Å². The number of benzene rings is 2. The number of rotatable bonds is 4.